The van der Waals surface area contributed by atoms with Gasteiger partial charge in [-0.1, -0.05) is 5.92 Å². The van der Waals surface area contributed by atoms with Gasteiger partial charge in [0.1, 0.15) is 5.03 Å². The lowest BCUT2D eigenvalue weighted by molar-refractivity contribution is 0.0696. The van der Waals surface area contributed by atoms with Gasteiger partial charge in [-0.25, -0.2) is 14.8 Å². The van der Waals surface area contributed by atoms with Gasteiger partial charge in [-0.3, -0.25) is 13.9 Å². The molecule has 31 heavy (non-hydrogen) atoms. The van der Waals surface area contributed by atoms with Gasteiger partial charge in [0.15, 0.2) is 16.3 Å². The van der Waals surface area contributed by atoms with Gasteiger partial charge in [0, 0.05) is 26.3 Å². The molecule has 3 aromatic heterocycles. The van der Waals surface area contributed by atoms with E-state index >= 15 is 0 Å². The first-order valence-electron chi connectivity index (χ1n) is 9.98. The normalized spacial score (nSPS) is 13.8. The van der Waals surface area contributed by atoms with Crippen LogP contribution < -0.4 is 10.5 Å². The molecule has 3 aromatic rings. The molecular formula is C21H22N6O3S. The molecule has 0 unspecified atom stereocenters. The molecular weight excluding hydrogens is 416 g/mol. The molecule has 0 aliphatic carbocycles. The fourth-order valence-electron chi connectivity index (χ4n) is 3.52. The number of aromatic carboxylic acids is 1. The smallest absolute Gasteiger partial charge is 0.337 e. The van der Waals surface area contributed by atoms with Gasteiger partial charge >= 0.3 is 5.97 Å². The Labute approximate surface area is 183 Å². The molecule has 4 heterocycles. The van der Waals surface area contributed by atoms with Crippen LogP contribution in [0.4, 0.5) is 5.95 Å². The summed E-state index contributed by atoms with van der Waals surface area (Å²) in [5.41, 5.74) is 0.711. The van der Waals surface area contributed by atoms with Gasteiger partial charge < -0.3 is 10.0 Å². The van der Waals surface area contributed by atoms with Crippen LogP contribution in [-0.2, 0) is 13.6 Å². The zero-order valence-electron chi connectivity index (χ0n) is 17.3. The average molecular weight is 439 g/mol. The van der Waals surface area contributed by atoms with E-state index in [-0.39, 0.29) is 11.1 Å². The van der Waals surface area contributed by atoms with Crippen LogP contribution in [0.15, 0.2) is 33.3 Å². The Morgan fingerprint density at radius 3 is 2.65 bits per heavy atom. The summed E-state index contributed by atoms with van der Waals surface area (Å²) in [6, 6.07) is 3.07. The minimum atomic E-state index is -1.04. The van der Waals surface area contributed by atoms with Crippen LogP contribution in [-0.4, -0.2) is 48.3 Å². The Kier molecular flexibility index (Phi) is 5.95. The number of aromatic nitrogens is 5. The summed E-state index contributed by atoms with van der Waals surface area (Å²) in [6.45, 7) is 3.93. The number of nitrogens with zero attached hydrogens (tertiary/aromatic N) is 6. The molecule has 1 N–H and O–H groups in total. The number of anilines is 1. The molecule has 1 aliphatic rings. The lowest BCUT2D eigenvalue weighted by Crippen LogP contribution is -2.32. The first-order chi connectivity index (χ1) is 15.0. The van der Waals surface area contributed by atoms with Crippen LogP contribution in [0.3, 0.4) is 0 Å². The van der Waals surface area contributed by atoms with Crippen molar-refractivity contribution in [3.8, 4) is 11.8 Å². The van der Waals surface area contributed by atoms with Gasteiger partial charge in [0.2, 0.25) is 5.95 Å². The van der Waals surface area contributed by atoms with Gasteiger partial charge in [-0.05, 0) is 50.1 Å². The largest absolute Gasteiger partial charge is 0.478 e. The molecule has 4 rings (SSSR count). The van der Waals surface area contributed by atoms with E-state index in [0.717, 1.165) is 31.9 Å². The lowest BCUT2D eigenvalue weighted by Gasteiger charge is -2.27. The number of piperidine rings is 1. The van der Waals surface area contributed by atoms with E-state index in [1.165, 1.54) is 35.0 Å². The molecule has 1 fully saturated rings. The number of hydrogen-bond donors (Lipinski definition) is 1. The van der Waals surface area contributed by atoms with E-state index in [2.05, 4.69) is 26.7 Å². The van der Waals surface area contributed by atoms with Gasteiger partial charge in [0.05, 0.1) is 12.1 Å². The number of pyridine rings is 1. The summed E-state index contributed by atoms with van der Waals surface area (Å²) in [7, 11) is 1.66. The molecule has 160 valence electrons. The number of carboxylic acid groups (broad SMARTS) is 1. The number of rotatable bonds is 5. The van der Waals surface area contributed by atoms with E-state index < -0.39 is 5.97 Å². The van der Waals surface area contributed by atoms with E-state index in [4.69, 9.17) is 10.1 Å². The van der Waals surface area contributed by atoms with Crippen LogP contribution in [0.1, 0.15) is 36.5 Å². The number of carbonyl (C=O) groups is 1. The summed E-state index contributed by atoms with van der Waals surface area (Å²) in [4.78, 5) is 40.0. The molecule has 0 bridgehead atoms. The van der Waals surface area contributed by atoms with Crippen molar-refractivity contribution in [3.63, 3.8) is 0 Å². The van der Waals surface area contributed by atoms with Crippen molar-refractivity contribution in [2.45, 2.75) is 42.9 Å². The van der Waals surface area contributed by atoms with Crippen molar-refractivity contribution >= 4 is 34.8 Å². The lowest BCUT2D eigenvalue weighted by atomic mass is 10.1. The molecule has 0 amide bonds. The van der Waals surface area contributed by atoms with Gasteiger partial charge in [-0.15, -0.1) is 5.92 Å². The van der Waals surface area contributed by atoms with Crippen LogP contribution in [0.2, 0.25) is 0 Å². The van der Waals surface area contributed by atoms with Crippen molar-refractivity contribution in [1.82, 2.24) is 24.1 Å². The summed E-state index contributed by atoms with van der Waals surface area (Å²) in [5, 5.41) is 10.0. The molecule has 1 saturated heterocycles. The first kappa shape index (κ1) is 20.9. The number of hydrogen-bond acceptors (Lipinski definition) is 7. The second kappa shape index (κ2) is 8.81. The highest BCUT2D eigenvalue weighted by atomic mass is 32.2. The standard InChI is InChI=1S/C21H22N6O3S/c1-3-4-12-27-16-17(23-20(27)26-10-6-5-7-11-26)24-21(25(2)18(16)28)31-15-9-8-14(13-22-15)19(29)30/h8-9,13H,5-7,10-12H2,1-2H3,(H,29,30). The molecule has 1 aliphatic heterocycles. The third kappa shape index (κ3) is 4.14. The highest BCUT2D eigenvalue weighted by Gasteiger charge is 2.23. The highest BCUT2D eigenvalue weighted by Crippen LogP contribution is 2.27. The molecule has 0 aromatic carbocycles. The maximum atomic E-state index is 13.2. The molecule has 0 radical (unpaired) electrons. The quantitative estimate of drug-likeness (QED) is 0.478. The summed E-state index contributed by atoms with van der Waals surface area (Å²) < 4.78 is 3.33. The topological polar surface area (TPSA) is 106 Å². The van der Waals surface area contributed by atoms with Crippen LogP contribution in [0.5, 0.6) is 0 Å². The zero-order chi connectivity index (χ0) is 22.0. The van der Waals surface area contributed by atoms with Crippen LogP contribution in [0, 0.1) is 11.8 Å². The summed E-state index contributed by atoms with van der Waals surface area (Å²) in [5.74, 6) is 5.63. The minimum Gasteiger partial charge on any atom is -0.478 e. The fraction of sp³-hybridized carbons (Fsp3) is 0.381. The van der Waals surface area contributed by atoms with Gasteiger partial charge in [-0.2, -0.15) is 4.98 Å². The van der Waals surface area contributed by atoms with Crippen LogP contribution in [0.25, 0.3) is 11.2 Å². The average Bonchev–Trinajstić information content (AvgIpc) is 3.15. The maximum absolute atomic E-state index is 13.2. The Morgan fingerprint density at radius 1 is 1.23 bits per heavy atom. The van der Waals surface area contributed by atoms with E-state index in [0.29, 0.717) is 27.9 Å². The molecule has 10 heteroatoms. The Morgan fingerprint density at radius 2 is 2.00 bits per heavy atom. The maximum Gasteiger partial charge on any atom is 0.337 e. The first-order valence-corrected chi connectivity index (χ1v) is 10.8. The van der Waals surface area contributed by atoms with Crippen molar-refractivity contribution in [1.29, 1.82) is 0 Å². The number of imidazole rings is 1. The Bertz CT molecular complexity index is 1250. The molecule has 0 saturated carbocycles. The highest BCUT2D eigenvalue weighted by molar-refractivity contribution is 7.99. The summed E-state index contributed by atoms with van der Waals surface area (Å²) in [6.07, 6.45) is 4.66. The van der Waals surface area contributed by atoms with Gasteiger partial charge in [0.25, 0.3) is 5.56 Å². The Balaban J connectivity index is 1.78. The fourth-order valence-corrected chi connectivity index (χ4v) is 4.30. The monoisotopic (exact) mass is 438 g/mol. The number of fused-ring (bicyclic) bond motifs is 1. The Hall–Kier alpha value is -3.32. The number of carboxylic acids is 1. The third-order valence-corrected chi connectivity index (χ3v) is 6.16. The summed E-state index contributed by atoms with van der Waals surface area (Å²) >= 11 is 1.19. The predicted octanol–water partition coefficient (Wildman–Crippen LogP) is 2.39. The van der Waals surface area contributed by atoms with Crippen molar-refractivity contribution in [3.05, 3.63) is 34.2 Å². The SMILES string of the molecule is CC#CCn1c(N2CCCCC2)nc2nc(Sc3ccc(C(=O)O)cn3)n(C)c(=O)c21. The van der Waals surface area contributed by atoms with E-state index in [9.17, 15) is 9.59 Å². The van der Waals surface area contributed by atoms with E-state index in [1.54, 1.807) is 20.0 Å². The molecule has 9 nitrogen and oxygen atoms in total. The second-order valence-corrected chi connectivity index (χ2v) is 8.18. The van der Waals surface area contributed by atoms with Crippen molar-refractivity contribution in [2.75, 3.05) is 18.0 Å². The molecule has 0 spiro atoms. The third-order valence-electron chi connectivity index (χ3n) is 5.16. The molecule has 0 atom stereocenters. The van der Waals surface area contributed by atoms with Crippen molar-refractivity contribution in [2.24, 2.45) is 7.05 Å². The zero-order valence-corrected chi connectivity index (χ0v) is 18.1. The van der Waals surface area contributed by atoms with E-state index in [1.807, 2.05) is 4.57 Å². The van der Waals surface area contributed by atoms with Crippen LogP contribution >= 0.6 is 11.8 Å². The second-order valence-electron chi connectivity index (χ2n) is 7.20. The minimum absolute atomic E-state index is 0.101. The van der Waals surface area contributed by atoms with Crippen molar-refractivity contribution < 1.29 is 9.90 Å². The predicted molar refractivity (Wildman–Crippen MR) is 118 cm³/mol.